The summed E-state index contributed by atoms with van der Waals surface area (Å²) in [7, 11) is 0. The van der Waals surface area contributed by atoms with Gasteiger partial charge in [-0.3, -0.25) is 4.79 Å². The number of thioether (sulfide) groups is 1. The molecular formula is C21H23N5OS2. The molecule has 4 aromatic rings. The first-order valence-electron chi connectivity index (χ1n) is 9.49. The Morgan fingerprint density at radius 3 is 2.97 bits per heavy atom. The molecule has 29 heavy (non-hydrogen) atoms. The van der Waals surface area contributed by atoms with Crippen molar-refractivity contribution in [2.24, 2.45) is 0 Å². The van der Waals surface area contributed by atoms with Crippen molar-refractivity contribution in [2.45, 2.75) is 13.3 Å². The molecule has 3 N–H and O–H groups in total. The quantitative estimate of drug-likeness (QED) is 0.368. The number of amides is 1. The molecule has 1 aromatic carbocycles. The van der Waals surface area contributed by atoms with E-state index in [4.69, 9.17) is 0 Å². The topological polar surface area (TPSA) is 82.7 Å². The zero-order valence-corrected chi connectivity index (χ0v) is 18.0. The zero-order chi connectivity index (χ0) is 20.2. The summed E-state index contributed by atoms with van der Waals surface area (Å²) in [6, 6.07) is 8.31. The fraction of sp³-hybridized carbons (Fsp3) is 0.286. The maximum atomic E-state index is 12.5. The minimum Gasteiger partial charge on any atom is -0.369 e. The number of H-pyrrole nitrogens is 1. The van der Waals surface area contributed by atoms with E-state index >= 15 is 0 Å². The number of aryl methyl sites for hydroxylation is 1. The Kier molecular flexibility index (Phi) is 6.01. The number of nitrogens with zero attached hydrogens (tertiary/aromatic N) is 2. The van der Waals surface area contributed by atoms with E-state index in [1.54, 1.807) is 18.1 Å². The number of carbonyl (C=O) groups excluding carboxylic acids is 1. The third kappa shape index (κ3) is 4.09. The first kappa shape index (κ1) is 19.7. The van der Waals surface area contributed by atoms with Crippen LogP contribution in [0.25, 0.3) is 21.1 Å². The molecule has 0 saturated heterocycles. The molecule has 8 heteroatoms. The summed E-state index contributed by atoms with van der Waals surface area (Å²) in [6.07, 6.45) is 6.53. The Hall–Kier alpha value is -2.58. The highest BCUT2D eigenvalue weighted by molar-refractivity contribution is 7.98. The normalized spacial score (nSPS) is 11.2. The maximum Gasteiger partial charge on any atom is 0.261 e. The van der Waals surface area contributed by atoms with Gasteiger partial charge in [-0.05, 0) is 36.8 Å². The van der Waals surface area contributed by atoms with Gasteiger partial charge in [0.05, 0.1) is 10.3 Å². The monoisotopic (exact) mass is 425 g/mol. The van der Waals surface area contributed by atoms with Crippen molar-refractivity contribution >= 4 is 55.9 Å². The lowest BCUT2D eigenvalue weighted by molar-refractivity contribution is 0.0960. The number of hydrogen-bond acceptors (Lipinski definition) is 6. The van der Waals surface area contributed by atoms with Crippen molar-refractivity contribution in [1.82, 2.24) is 20.3 Å². The molecule has 0 atom stereocenters. The van der Waals surface area contributed by atoms with Crippen LogP contribution in [0.3, 0.4) is 0 Å². The van der Waals surface area contributed by atoms with E-state index in [0.29, 0.717) is 11.4 Å². The molecular weight excluding hydrogens is 402 g/mol. The van der Waals surface area contributed by atoms with Crippen molar-refractivity contribution in [1.29, 1.82) is 0 Å². The minimum atomic E-state index is -0.0377. The van der Waals surface area contributed by atoms with Gasteiger partial charge in [0, 0.05) is 35.9 Å². The van der Waals surface area contributed by atoms with Crippen molar-refractivity contribution in [3.63, 3.8) is 0 Å². The molecule has 4 rings (SSSR count). The molecule has 0 aliphatic carbocycles. The molecule has 150 valence electrons. The number of anilines is 1. The molecule has 6 nitrogen and oxygen atoms in total. The van der Waals surface area contributed by atoms with E-state index in [1.165, 1.54) is 22.3 Å². The van der Waals surface area contributed by atoms with Gasteiger partial charge in [-0.25, -0.2) is 9.97 Å². The van der Waals surface area contributed by atoms with Gasteiger partial charge in [0.25, 0.3) is 5.91 Å². The Labute approximate surface area is 177 Å². The van der Waals surface area contributed by atoms with Gasteiger partial charge in [-0.2, -0.15) is 11.8 Å². The molecule has 1 amide bonds. The number of rotatable bonds is 8. The highest BCUT2D eigenvalue weighted by Gasteiger charge is 2.19. The molecule has 0 spiro atoms. The van der Waals surface area contributed by atoms with Crippen LogP contribution in [0.4, 0.5) is 5.82 Å². The molecule has 0 aliphatic heterocycles. The summed E-state index contributed by atoms with van der Waals surface area (Å²) < 4.78 is 0. The largest absolute Gasteiger partial charge is 0.369 e. The highest BCUT2D eigenvalue weighted by Crippen LogP contribution is 2.33. The van der Waals surface area contributed by atoms with Crippen LogP contribution >= 0.6 is 23.1 Å². The lowest BCUT2D eigenvalue weighted by Gasteiger charge is -2.07. The fourth-order valence-electron chi connectivity index (χ4n) is 3.42. The van der Waals surface area contributed by atoms with Crippen LogP contribution in [0, 0.1) is 6.92 Å². The Morgan fingerprint density at radius 2 is 2.10 bits per heavy atom. The van der Waals surface area contributed by atoms with Crippen molar-refractivity contribution in [2.75, 3.05) is 30.4 Å². The van der Waals surface area contributed by atoms with Crippen molar-refractivity contribution in [3.8, 4) is 0 Å². The average molecular weight is 426 g/mol. The number of aromatic nitrogens is 3. The number of nitrogens with one attached hydrogen (secondary N) is 3. The standard InChI is InChI=1S/C21H23N5OS2/c1-13-17-19(22-8-7-14-11-24-16-6-4-3-5-15(14)16)25-12-26-21(17)29-18(13)20(27)23-9-10-28-2/h3-6,11-12,24H,7-10H2,1-2H3,(H,23,27)(H,22,25,26). The molecule has 0 unspecified atom stereocenters. The van der Waals surface area contributed by atoms with Crippen LogP contribution in [0.1, 0.15) is 20.8 Å². The van der Waals surface area contributed by atoms with Gasteiger partial charge in [0.2, 0.25) is 0 Å². The van der Waals surface area contributed by atoms with E-state index in [1.807, 2.05) is 19.2 Å². The lowest BCUT2D eigenvalue weighted by atomic mass is 10.1. The van der Waals surface area contributed by atoms with Crippen LogP contribution in [0.15, 0.2) is 36.8 Å². The van der Waals surface area contributed by atoms with Crippen LogP contribution < -0.4 is 10.6 Å². The van der Waals surface area contributed by atoms with Crippen LogP contribution in [-0.4, -0.2) is 46.0 Å². The van der Waals surface area contributed by atoms with E-state index in [0.717, 1.165) is 45.8 Å². The molecule has 0 bridgehead atoms. The van der Waals surface area contributed by atoms with E-state index in [9.17, 15) is 4.79 Å². The number of benzene rings is 1. The minimum absolute atomic E-state index is 0.0377. The lowest BCUT2D eigenvalue weighted by Crippen LogP contribution is -2.25. The summed E-state index contributed by atoms with van der Waals surface area (Å²) in [5, 5.41) is 8.61. The number of para-hydroxylation sites is 1. The van der Waals surface area contributed by atoms with Gasteiger partial charge < -0.3 is 15.6 Å². The maximum absolute atomic E-state index is 12.5. The van der Waals surface area contributed by atoms with Crippen LogP contribution in [0.2, 0.25) is 0 Å². The summed E-state index contributed by atoms with van der Waals surface area (Å²) in [4.78, 5) is 26.2. The average Bonchev–Trinajstić information content (AvgIpc) is 3.30. The second kappa shape index (κ2) is 8.84. The third-order valence-corrected chi connectivity index (χ3v) is 6.70. The predicted molar refractivity (Wildman–Crippen MR) is 123 cm³/mol. The number of aromatic amines is 1. The van der Waals surface area contributed by atoms with Crippen LogP contribution in [0.5, 0.6) is 0 Å². The predicted octanol–water partition coefficient (Wildman–Crippen LogP) is 4.23. The Balaban J connectivity index is 1.51. The van der Waals surface area contributed by atoms with E-state index in [-0.39, 0.29) is 5.91 Å². The molecule has 0 fully saturated rings. The smallest absolute Gasteiger partial charge is 0.261 e. The van der Waals surface area contributed by atoms with Gasteiger partial charge in [0.15, 0.2) is 0 Å². The number of carbonyl (C=O) groups is 1. The second-order valence-electron chi connectivity index (χ2n) is 6.74. The number of fused-ring (bicyclic) bond motifs is 2. The first-order chi connectivity index (χ1) is 14.2. The van der Waals surface area contributed by atoms with Crippen molar-refractivity contribution < 1.29 is 4.79 Å². The first-order valence-corrected chi connectivity index (χ1v) is 11.7. The number of hydrogen-bond donors (Lipinski definition) is 3. The molecule has 3 heterocycles. The number of thiophene rings is 1. The van der Waals surface area contributed by atoms with Gasteiger partial charge >= 0.3 is 0 Å². The van der Waals surface area contributed by atoms with E-state index < -0.39 is 0 Å². The van der Waals surface area contributed by atoms with Gasteiger partial charge in [-0.1, -0.05) is 18.2 Å². The van der Waals surface area contributed by atoms with Gasteiger partial charge in [0.1, 0.15) is 17.0 Å². The fourth-order valence-corrected chi connectivity index (χ4v) is 4.79. The molecule has 0 aliphatic rings. The molecule has 0 saturated carbocycles. The molecule has 3 aromatic heterocycles. The van der Waals surface area contributed by atoms with Crippen molar-refractivity contribution in [3.05, 3.63) is 52.8 Å². The summed E-state index contributed by atoms with van der Waals surface area (Å²) >= 11 is 3.14. The second-order valence-corrected chi connectivity index (χ2v) is 8.73. The van der Waals surface area contributed by atoms with Gasteiger partial charge in [-0.15, -0.1) is 11.3 Å². The summed E-state index contributed by atoms with van der Waals surface area (Å²) in [6.45, 7) is 3.38. The summed E-state index contributed by atoms with van der Waals surface area (Å²) in [5.74, 6) is 1.65. The SMILES string of the molecule is CSCCNC(=O)c1sc2ncnc(NCCc3c[nH]c4ccccc34)c2c1C. The zero-order valence-electron chi connectivity index (χ0n) is 16.4. The van der Waals surface area contributed by atoms with E-state index in [2.05, 4.69) is 50.0 Å². The summed E-state index contributed by atoms with van der Waals surface area (Å²) in [5.41, 5.74) is 3.36. The highest BCUT2D eigenvalue weighted by atomic mass is 32.2. The molecule has 0 radical (unpaired) electrons. The van der Waals surface area contributed by atoms with Crippen LogP contribution in [-0.2, 0) is 6.42 Å². The Bertz CT molecular complexity index is 1150. The third-order valence-electron chi connectivity index (χ3n) is 4.89. The Morgan fingerprint density at radius 1 is 1.24 bits per heavy atom.